The van der Waals surface area contributed by atoms with Crippen molar-refractivity contribution in [1.82, 2.24) is 14.9 Å². The van der Waals surface area contributed by atoms with Crippen LogP contribution in [-0.2, 0) is 16.6 Å². The van der Waals surface area contributed by atoms with Crippen LogP contribution < -0.4 is 15.2 Å². The number of nitrogen functional groups attached to an aromatic ring is 1. The highest BCUT2D eigenvalue weighted by atomic mass is 35.5. The maximum absolute atomic E-state index is 12.2. The number of nitrogens with zero attached hydrogens (tertiary/aromatic N) is 1. The van der Waals surface area contributed by atoms with Gasteiger partial charge in [-0.1, -0.05) is 11.6 Å². The maximum atomic E-state index is 12.2. The molecule has 0 aliphatic rings. The fourth-order valence-electron chi connectivity index (χ4n) is 1.58. The molecular weight excluding hydrogens is 304 g/mol. The molecule has 1 aromatic heterocycles. The summed E-state index contributed by atoms with van der Waals surface area (Å²) in [5, 5.41) is 6.63. The highest BCUT2D eigenvalue weighted by molar-refractivity contribution is 7.89. The summed E-state index contributed by atoms with van der Waals surface area (Å²) in [5.74, 6) is 0.487. The number of anilines is 1. The first kappa shape index (κ1) is 14.6. The van der Waals surface area contributed by atoms with Gasteiger partial charge in [-0.3, -0.25) is 5.10 Å². The van der Waals surface area contributed by atoms with E-state index in [1.807, 2.05) is 0 Å². The van der Waals surface area contributed by atoms with Crippen LogP contribution in [0.4, 0.5) is 5.82 Å². The number of nitrogens with one attached hydrogen (secondary N) is 2. The van der Waals surface area contributed by atoms with Gasteiger partial charge in [0.25, 0.3) is 0 Å². The fraction of sp³-hybridized carbons (Fsp3) is 0.182. The molecule has 20 heavy (non-hydrogen) atoms. The van der Waals surface area contributed by atoms with Crippen LogP contribution in [0.2, 0.25) is 5.02 Å². The molecule has 0 amide bonds. The fourth-order valence-corrected chi connectivity index (χ4v) is 2.89. The van der Waals surface area contributed by atoms with E-state index in [1.165, 1.54) is 31.5 Å². The molecule has 1 aromatic carbocycles. The molecule has 0 unspecified atom stereocenters. The van der Waals surface area contributed by atoms with Crippen molar-refractivity contribution in [2.45, 2.75) is 11.4 Å². The Hall–Kier alpha value is -1.77. The lowest BCUT2D eigenvalue weighted by molar-refractivity contribution is 0.402. The van der Waals surface area contributed by atoms with E-state index in [0.29, 0.717) is 16.4 Å². The van der Waals surface area contributed by atoms with E-state index in [-0.39, 0.29) is 17.2 Å². The first-order valence-corrected chi connectivity index (χ1v) is 7.41. The zero-order chi connectivity index (χ0) is 14.8. The second kappa shape index (κ2) is 5.70. The Morgan fingerprint density at radius 1 is 1.50 bits per heavy atom. The summed E-state index contributed by atoms with van der Waals surface area (Å²) in [5.41, 5.74) is 6.15. The summed E-state index contributed by atoms with van der Waals surface area (Å²) in [6.07, 6.45) is 1.46. The van der Waals surface area contributed by atoms with Gasteiger partial charge in [-0.05, 0) is 12.1 Å². The van der Waals surface area contributed by atoms with Crippen molar-refractivity contribution in [3.63, 3.8) is 0 Å². The lowest BCUT2D eigenvalue weighted by Gasteiger charge is -2.10. The van der Waals surface area contributed by atoms with Gasteiger partial charge in [-0.2, -0.15) is 5.10 Å². The van der Waals surface area contributed by atoms with Crippen LogP contribution in [0.1, 0.15) is 5.56 Å². The normalized spacial score (nSPS) is 11.5. The van der Waals surface area contributed by atoms with Crippen LogP contribution in [0.5, 0.6) is 5.75 Å². The molecule has 0 aliphatic heterocycles. The van der Waals surface area contributed by atoms with Crippen LogP contribution in [-0.4, -0.2) is 25.7 Å². The summed E-state index contributed by atoms with van der Waals surface area (Å²) in [6.45, 7) is 0.0243. The van der Waals surface area contributed by atoms with Crippen molar-refractivity contribution >= 4 is 27.4 Å². The Kier molecular flexibility index (Phi) is 4.17. The van der Waals surface area contributed by atoms with Crippen LogP contribution in [0.15, 0.2) is 29.3 Å². The average Bonchev–Trinajstić information content (AvgIpc) is 2.81. The van der Waals surface area contributed by atoms with Crippen LogP contribution in [0, 0.1) is 0 Å². The van der Waals surface area contributed by atoms with E-state index >= 15 is 0 Å². The molecule has 108 valence electrons. The van der Waals surface area contributed by atoms with Crippen molar-refractivity contribution < 1.29 is 13.2 Å². The summed E-state index contributed by atoms with van der Waals surface area (Å²) in [7, 11) is -2.37. The van der Waals surface area contributed by atoms with Gasteiger partial charge in [-0.25, -0.2) is 13.1 Å². The third-order valence-electron chi connectivity index (χ3n) is 2.62. The molecule has 2 rings (SSSR count). The van der Waals surface area contributed by atoms with Gasteiger partial charge in [0.2, 0.25) is 10.0 Å². The number of aromatic amines is 1. The SMILES string of the molecule is COc1cc(Cl)ccc1S(=O)(=O)NCc1cn[nH]c1N. The Balaban J connectivity index is 2.25. The van der Waals surface area contributed by atoms with Gasteiger partial charge in [0.15, 0.2) is 0 Å². The highest BCUT2D eigenvalue weighted by Crippen LogP contribution is 2.27. The lowest BCUT2D eigenvalue weighted by Crippen LogP contribution is -2.24. The third kappa shape index (κ3) is 3.03. The second-order valence-electron chi connectivity index (χ2n) is 3.93. The Morgan fingerprint density at radius 2 is 2.25 bits per heavy atom. The number of H-pyrrole nitrogens is 1. The standard InChI is InChI=1S/C11H13ClN4O3S/c1-19-9-4-8(12)2-3-10(9)20(17,18)15-6-7-5-14-16-11(7)13/h2-5,15H,6H2,1H3,(H3,13,14,16). The molecule has 0 fully saturated rings. The van der Waals surface area contributed by atoms with E-state index in [9.17, 15) is 8.42 Å². The Bertz CT molecular complexity index is 714. The molecule has 0 atom stereocenters. The molecule has 7 nitrogen and oxygen atoms in total. The first-order chi connectivity index (χ1) is 9.44. The molecule has 0 bridgehead atoms. The smallest absolute Gasteiger partial charge is 0.244 e. The van der Waals surface area contributed by atoms with Crippen molar-refractivity contribution in [1.29, 1.82) is 0 Å². The number of sulfonamides is 1. The van der Waals surface area contributed by atoms with E-state index in [2.05, 4.69) is 14.9 Å². The predicted molar refractivity (Wildman–Crippen MR) is 75.0 cm³/mol. The average molecular weight is 317 g/mol. The zero-order valence-corrected chi connectivity index (χ0v) is 12.1. The van der Waals surface area contributed by atoms with Crippen LogP contribution in [0.25, 0.3) is 0 Å². The number of nitrogens with two attached hydrogens (primary N) is 1. The zero-order valence-electron chi connectivity index (χ0n) is 10.6. The van der Waals surface area contributed by atoms with Crippen LogP contribution >= 0.6 is 11.6 Å². The molecule has 1 heterocycles. The number of hydrogen-bond donors (Lipinski definition) is 3. The van der Waals surface area contributed by atoms with Crippen molar-refractivity contribution in [3.05, 3.63) is 35.0 Å². The minimum absolute atomic E-state index is 0.00599. The lowest BCUT2D eigenvalue weighted by atomic mass is 10.3. The van der Waals surface area contributed by atoms with E-state index in [0.717, 1.165) is 0 Å². The van der Waals surface area contributed by atoms with Gasteiger partial charge in [0.1, 0.15) is 16.5 Å². The predicted octanol–water partition coefficient (Wildman–Crippen LogP) is 1.13. The van der Waals surface area contributed by atoms with Gasteiger partial charge in [0.05, 0.1) is 13.3 Å². The van der Waals surface area contributed by atoms with Crippen molar-refractivity contribution in [2.75, 3.05) is 12.8 Å². The Morgan fingerprint density at radius 3 is 2.85 bits per heavy atom. The molecule has 0 saturated heterocycles. The third-order valence-corrected chi connectivity index (χ3v) is 4.29. The molecule has 0 radical (unpaired) electrons. The largest absolute Gasteiger partial charge is 0.495 e. The number of halogens is 1. The second-order valence-corrected chi connectivity index (χ2v) is 6.10. The molecule has 4 N–H and O–H groups in total. The highest BCUT2D eigenvalue weighted by Gasteiger charge is 2.20. The monoisotopic (exact) mass is 316 g/mol. The number of rotatable bonds is 5. The van der Waals surface area contributed by atoms with E-state index < -0.39 is 10.0 Å². The maximum Gasteiger partial charge on any atom is 0.244 e. The summed E-state index contributed by atoms with van der Waals surface area (Å²) >= 11 is 5.80. The van der Waals surface area contributed by atoms with Gasteiger partial charge in [0, 0.05) is 23.2 Å². The molecule has 9 heteroatoms. The van der Waals surface area contributed by atoms with E-state index in [4.69, 9.17) is 22.1 Å². The molecule has 2 aromatic rings. The molecule has 0 aliphatic carbocycles. The van der Waals surface area contributed by atoms with Crippen LogP contribution in [0.3, 0.4) is 0 Å². The first-order valence-electron chi connectivity index (χ1n) is 5.55. The minimum atomic E-state index is -3.74. The molecule has 0 spiro atoms. The van der Waals surface area contributed by atoms with Gasteiger partial charge in [-0.15, -0.1) is 0 Å². The van der Waals surface area contributed by atoms with Crippen molar-refractivity contribution in [3.8, 4) is 5.75 Å². The summed E-state index contributed by atoms with van der Waals surface area (Å²) in [6, 6.07) is 4.29. The molecule has 0 saturated carbocycles. The van der Waals surface area contributed by atoms with Gasteiger partial charge < -0.3 is 10.5 Å². The number of methoxy groups -OCH3 is 1. The van der Waals surface area contributed by atoms with Crippen molar-refractivity contribution in [2.24, 2.45) is 0 Å². The number of aromatic nitrogens is 2. The topological polar surface area (TPSA) is 110 Å². The van der Waals surface area contributed by atoms with E-state index in [1.54, 1.807) is 0 Å². The number of benzene rings is 1. The quantitative estimate of drug-likeness (QED) is 0.766. The Labute approximate surface area is 121 Å². The summed E-state index contributed by atoms with van der Waals surface area (Å²) < 4.78 is 31.9. The number of hydrogen-bond acceptors (Lipinski definition) is 5. The summed E-state index contributed by atoms with van der Waals surface area (Å²) in [4.78, 5) is 0.00599. The van der Waals surface area contributed by atoms with Gasteiger partial charge >= 0.3 is 0 Å². The molecular formula is C11H13ClN4O3S. The minimum Gasteiger partial charge on any atom is -0.495 e. The number of ether oxygens (including phenoxy) is 1.